The third-order valence-electron chi connectivity index (χ3n) is 5.16. The van der Waals surface area contributed by atoms with Crippen LogP contribution < -0.4 is 20.7 Å². The van der Waals surface area contributed by atoms with Gasteiger partial charge in [0.1, 0.15) is 5.69 Å². The van der Waals surface area contributed by atoms with E-state index in [1.165, 1.54) is 6.92 Å². The summed E-state index contributed by atoms with van der Waals surface area (Å²) in [5.74, 6) is -0.418. The maximum Gasteiger partial charge on any atom is 0.270 e. The number of hydrogen-bond donors (Lipinski definition) is 4. The Morgan fingerprint density at radius 2 is 1.71 bits per heavy atom. The van der Waals surface area contributed by atoms with Crippen molar-refractivity contribution in [1.29, 1.82) is 0 Å². The fourth-order valence-corrected chi connectivity index (χ4v) is 4.56. The summed E-state index contributed by atoms with van der Waals surface area (Å²) < 4.78 is 25.7. The number of pyridine rings is 1. The standard InChI is InChI=1S/C25H24BrN7O4S/c1-15(34)30-17-6-5-7-18(13-17)31-25-28-14-16-12-20(19-8-3-4-9-21(19)26)22(32-23(16)33-25)24(35)27-10-11-29-38(2,36)37/h3-9,12-14,29H,10-11H2,1-2H3,(H,27,35)(H,30,34)(H,28,31,32,33). The molecule has 0 aliphatic carbocycles. The molecule has 4 aromatic rings. The number of carbonyl (C=O) groups is 2. The average molecular weight is 598 g/mol. The molecular formula is C25H24BrN7O4S. The van der Waals surface area contributed by atoms with Gasteiger partial charge in [-0.2, -0.15) is 4.98 Å². The van der Waals surface area contributed by atoms with E-state index in [0.717, 1.165) is 16.3 Å². The molecule has 13 heteroatoms. The lowest BCUT2D eigenvalue weighted by atomic mass is 10.0. The second-order valence-electron chi connectivity index (χ2n) is 8.28. The Kier molecular flexibility index (Phi) is 8.29. The van der Waals surface area contributed by atoms with E-state index in [2.05, 4.69) is 51.6 Å². The van der Waals surface area contributed by atoms with Gasteiger partial charge in [-0.3, -0.25) is 9.59 Å². The summed E-state index contributed by atoms with van der Waals surface area (Å²) in [5.41, 5.74) is 2.99. The topological polar surface area (TPSA) is 155 Å². The molecule has 2 amide bonds. The van der Waals surface area contributed by atoms with Crippen LogP contribution in [0.15, 0.2) is 65.3 Å². The highest BCUT2D eigenvalue weighted by molar-refractivity contribution is 9.10. The predicted molar refractivity (Wildman–Crippen MR) is 150 cm³/mol. The van der Waals surface area contributed by atoms with Crippen molar-refractivity contribution < 1.29 is 18.0 Å². The number of nitrogens with one attached hydrogen (secondary N) is 4. The van der Waals surface area contributed by atoms with E-state index in [4.69, 9.17) is 0 Å². The molecule has 0 aliphatic heterocycles. The van der Waals surface area contributed by atoms with Gasteiger partial charge in [-0.1, -0.05) is 40.2 Å². The molecule has 196 valence electrons. The van der Waals surface area contributed by atoms with Gasteiger partial charge in [0.2, 0.25) is 21.9 Å². The van der Waals surface area contributed by atoms with Gasteiger partial charge in [0.05, 0.1) is 6.26 Å². The summed E-state index contributed by atoms with van der Waals surface area (Å²) >= 11 is 3.53. The lowest BCUT2D eigenvalue weighted by Gasteiger charge is -2.13. The third kappa shape index (κ3) is 7.09. The summed E-state index contributed by atoms with van der Waals surface area (Å²) in [6, 6.07) is 16.3. The Morgan fingerprint density at radius 3 is 2.45 bits per heavy atom. The molecule has 0 bridgehead atoms. The number of sulfonamides is 1. The van der Waals surface area contributed by atoms with Crippen LogP contribution in [0.5, 0.6) is 0 Å². The maximum atomic E-state index is 13.2. The minimum atomic E-state index is -3.38. The Bertz CT molecular complexity index is 1630. The van der Waals surface area contributed by atoms with Crippen LogP contribution >= 0.6 is 15.9 Å². The highest BCUT2D eigenvalue weighted by Gasteiger charge is 2.19. The number of benzene rings is 2. The van der Waals surface area contributed by atoms with E-state index in [1.54, 1.807) is 36.5 Å². The summed E-state index contributed by atoms with van der Waals surface area (Å²) in [6.45, 7) is 1.54. The second-order valence-corrected chi connectivity index (χ2v) is 11.0. The number of halogens is 1. The van der Waals surface area contributed by atoms with Crippen molar-refractivity contribution in [2.24, 2.45) is 0 Å². The number of aromatic nitrogens is 3. The molecular weight excluding hydrogens is 574 g/mol. The Balaban J connectivity index is 1.68. The van der Waals surface area contributed by atoms with Crippen LogP contribution in [0.1, 0.15) is 17.4 Å². The first-order valence-electron chi connectivity index (χ1n) is 11.4. The maximum absolute atomic E-state index is 13.2. The van der Waals surface area contributed by atoms with E-state index in [1.807, 2.05) is 24.3 Å². The molecule has 0 spiro atoms. The molecule has 4 N–H and O–H groups in total. The first-order valence-corrected chi connectivity index (χ1v) is 14.1. The summed E-state index contributed by atoms with van der Waals surface area (Å²) in [6.07, 6.45) is 2.65. The molecule has 2 heterocycles. The SMILES string of the molecule is CC(=O)Nc1cccc(Nc2ncc3cc(-c4ccccc4Br)c(C(=O)NCCNS(C)(=O)=O)nc3n2)c1. The molecule has 2 aromatic heterocycles. The summed E-state index contributed by atoms with van der Waals surface area (Å²) in [4.78, 5) is 38.0. The molecule has 0 aliphatic rings. The van der Waals surface area contributed by atoms with Gasteiger partial charge in [-0.15, -0.1) is 0 Å². The number of rotatable bonds is 9. The van der Waals surface area contributed by atoms with Crippen molar-refractivity contribution in [3.05, 3.63) is 71.0 Å². The molecule has 38 heavy (non-hydrogen) atoms. The van der Waals surface area contributed by atoms with Crippen molar-refractivity contribution in [2.75, 3.05) is 30.0 Å². The summed E-state index contributed by atoms with van der Waals surface area (Å²) in [5, 5.41) is 9.12. The van der Waals surface area contributed by atoms with Crippen molar-refractivity contribution in [2.45, 2.75) is 6.92 Å². The first-order chi connectivity index (χ1) is 18.1. The van der Waals surface area contributed by atoms with Gasteiger partial charge in [-0.25, -0.2) is 23.1 Å². The minimum Gasteiger partial charge on any atom is -0.349 e. The van der Waals surface area contributed by atoms with Crippen molar-refractivity contribution in [3.8, 4) is 11.1 Å². The van der Waals surface area contributed by atoms with Gasteiger partial charge in [0.25, 0.3) is 5.91 Å². The zero-order valence-electron chi connectivity index (χ0n) is 20.4. The Hall–Kier alpha value is -3.94. The summed E-state index contributed by atoms with van der Waals surface area (Å²) in [7, 11) is -3.38. The largest absolute Gasteiger partial charge is 0.349 e. The molecule has 2 aromatic carbocycles. The number of amides is 2. The van der Waals surface area contributed by atoms with Crippen LogP contribution in [0.2, 0.25) is 0 Å². The van der Waals surface area contributed by atoms with Crippen LogP contribution in [0.3, 0.4) is 0 Å². The number of anilines is 3. The van der Waals surface area contributed by atoms with Crippen molar-refractivity contribution in [3.63, 3.8) is 0 Å². The van der Waals surface area contributed by atoms with Gasteiger partial charge in [0, 0.05) is 53.0 Å². The number of carbonyl (C=O) groups excluding carboxylic acids is 2. The van der Waals surface area contributed by atoms with Gasteiger partial charge < -0.3 is 16.0 Å². The Labute approximate surface area is 227 Å². The van der Waals surface area contributed by atoms with E-state index in [9.17, 15) is 18.0 Å². The fraction of sp³-hybridized carbons (Fsp3) is 0.160. The molecule has 11 nitrogen and oxygen atoms in total. The highest BCUT2D eigenvalue weighted by atomic mass is 79.9. The normalized spacial score (nSPS) is 11.2. The molecule has 0 radical (unpaired) electrons. The van der Waals surface area contributed by atoms with Gasteiger partial charge in [0.15, 0.2) is 5.65 Å². The van der Waals surface area contributed by atoms with Gasteiger partial charge >= 0.3 is 0 Å². The smallest absolute Gasteiger partial charge is 0.270 e. The average Bonchev–Trinajstić information content (AvgIpc) is 2.85. The monoisotopic (exact) mass is 597 g/mol. The van der Waals surface area contributed by atoms with Crippen LogP contribution in [-0.2, 0) is 14.8 Å². The molecule has 0 saturated heterocycles. The predicted octanol–water partition coefficient (Wildman–Crippen LogP) is 3.44. The zero-order valence-corrected chi connectivity index (χ0v) is 22.9. The number of fused-ring (bicyclic) bond motifs is 1. The molecule has 4 rings (SSSR count). The number of hydrogen-bond acceptors (Lipinski definition) is 8. The van der Waals surface area contributed by atoms with Crippen LogP contribution in [-0.4, -0.2) is 54.5 Å². The third-order valence-corrected chi connectivity index (χ3v) is 6.58. The lowest BCUT2D eigenvalue weighted by Crippen LogP contribution is -2.34. The van der Waals surface area contributed by atoms with Crippen molar-refractivity contribution in [1.82, 2.24) is 25.0 Å². The highest BCUT2D eigenvalue weighted by Crippen LogP contribution is 2.32. The van der Waals surface area contributed by atoms with Crippen LogP contribution in [0.25, 0.3) is 22.2 Å². The fourth-order valence-electron chi connectivity index (χ4n) is 3.59. The van der Waals surface area contributed by atoms with Crippen LogP contribution in [0, 0.1) is 0 Å². The van der Waals surface area contributed by atoms with Gasteiger partial charge in [-0.05, 0) is 35.9 Å². The van der Waals surface area contributed by atoms with Crippen LogP contribution in [0.4, 0.5) is 17.3 Å². The molecule has 0 unspecified atom stereocenters. The van der Waals surface area contributed by atoms with E-state index in [0.29, 0.717) is 22.3 Å². The quantitative estimate of drug-likeness (QED) is 0.214. The van der Waals surface area contributed by atoms with Crippen molar-refractivity contribution >= 4 is 66.1 Å². The second kappa shape index (κ2) is 11.6. The lowest BCUT2D eigenvalue weighted by molar-refractivity contribution is -0.114. The minimum absolute atomic E-state index is 0.0380. The molecule has 0 atom stereocenters. The first kappa shape index (κ1) is 27.1. The molecule has 0 fully saturated rings. The molecule has 0 saturated carbocycles. The Morgan fingerprint density at radius 1 is 0.947 bits per heavy atom. The van der Waals surface area contributed by atoms with E-state index < -0.39 is 15.9 Å². The van der Waals surface area contributed by atoms with E-state index >= 15 is 0 Å². The zero-order chi connectivity index (χ0) is 27.3. The number of nitrogens with zero attached hydrogens (tertiary/aromatic N) is 3. The van der Waals surface area contributed by atoms with E-state index in [-0.39, 0.29) is 36.3 Å².